The summed E-state index contributed by atoms with van der Waals surface area (Å²) in [5.74, 6) is 0. The van der Waals surface area contributed by atoms with Gasteiger partial charge in [-0.3, -0.25) is 0 Å². The highest BCUT2D eigenvalue weighted by Gasteiger charge is 2.03. The Morgan fingerprint density at radius 1 is 1.25 bits per heavy atom. The second-order valence-corrected chi connectivity index (χ2v) is 4.12. The van der Waals surface area contributed by atoms with E-state index in [1.165, 1.54) is 28.5 Å². The quantitative estimate of drug-likeness (QED) is 0.700. The molecular formula is C15H21N. The zero-order valence-corrected chi connectivity index (χ0v) is 10.7. The average Bonchev–Trinajstić information content (AvgIpc) is 2.57. The van der Waals surface area contributed by atoms with E-state index in [9.17, 15) is 0 Å². The molecule has 16 heavy (non-hydrogen) atoms. The van der Waals surface area contributed by atoms with E-state index >= 15 is 0 Å². The topological polar surface area (TPSA) is 15.8 Å². The summed E-state index contributed by atoms with van der Waals surface area (Å²) < 4.78 is 0. The maximum atomic E-state index is 3.78. The van der Waals surface area contributed by atoms with Gasteiger partial charge in [0.2, 0.25) is 0 Å². The summed E-state index contributed by atoms with van der Waals surface area (Å²) in [6.07, 6.45) is 3.12. The van der Waals surface area contributed by atoms with Gasteiger partial charge in [-0.1, -0.05) is 38.5 Å². The van der Waals surface area contributed by atoms with E-state index in [0.717, 1.165) is 5.69 Å². The monoisotopic (exact) mass is 215 g/mol. The molecule has 0 saturated carbocycles. The van der Waals surface area contributed by atoms with Gasteiger partial charge >= 0.3 is 0 Å². The van der Waals surface area contributed by atoms with Gasteiger partial charge in [0.25, 0.3) is 0 Å². The lowest BCUT2D eigenvalue weighted by molar-refractivity contribution is 1.09. The minimum atomic E-state index is 1.13. The number of nitrogens with one attached hydrogen (secondary N) is 1. The van der Waals surface area contributed by atoms with Crippen LogP contribution in [0, 0.1) is 13.8 Å². The van der Waals surface area contributed by atoms with Crippen LogP contribution in [0.3, 0.4) is 0 Å². The SMILES string of the molecule is C=Cc1[nH]c2ccc(C)cc2c1C.CCC. The van der Waals surface area contributed by atoms with E-state index in [2.05, 4.69) is 57.5 Å². The predicted octanol–water partition coefficient (Wildman–Crippen LogP) is 4.84. The lowest BCUT2D eigenvalue weighted by Gasteiger charge is -1.93. The van der Waals surface area contributed by atoms with Crippen molar-refractivity contribution >= 4 is 17.0 Å². The van der Waals surface area contributed by atoms with Gasteiger partial charge in [-0.25, -0.2) is 0 Å². The molecule has 0 amide bonds. The zero-order valence-electron chi connectivity index (χ0n) is 10.7. The van der Waals surface area contributed by atoms with Gasteiger partial charge in [-0.05, 0) is 37.6 Å². The highest BCUT2D eigenvalue weighted by Crippen LogP contribution is 2.23. The minimum absolute atomic E-state index is 1.13. The highest BCUT2D eigenvalue weighted by atomic mass is 14.7. The van der Waals surface area contributed by atoms with Crippen LogP contribution in [0.1, 0.15) is 37.1 Å². The van der Waals surface area contributed by atoms with Gasteiger partial charge in [0.15, 0.2) is 0 Å². The molecule has 2 rings (SSSR count). The molecule has 1 aromatic carbocycles. The lowest BCUT2D eigenvalue weighted by Crippen LogP contribution is -1.73. The summed E-state index contributed by atoms with van der Waals surface area (Å²) >= 11 is 0. The summed E-state index contributed by atoms with van der Waals surface area (Å²) in [6, 6.07) is 6.43. The first-order valence-electron chi connectivity index (χ1n) is 5.85. The molecule has 1 aromatic heterocycles. The smallest absolute Gasteiger partial charge is 0.0461 e. The standard InChI is InChI=1S/C12H13N.C3H8/c1-4-11-9(3)10-7-8(2)5-6-12(10)13-11;1-3-2/h4-7,13H,1H2,2-3H3;3H2,1-2H3. The number of fused-ring (bicyclic) bond motifs is 1. The Labute approximate surface area is 98.2 Å². The van der Waals surface area contributed by atoms with Crippen molar-refractivity contribution in [1.82, 2.24) is 4.98 Å². The average molecular weight is 215 g/mol. The van der Waals surface area contributed by atoms with E-state index in [-0.39, 0.29) is 0 Å². The molecule has 1 heteroatoms. The van der Waals surface area contributed by atoms with Crippen LogP contribution in [0.2, 0.25) is 0 Å². The molecule has 0 aliphatic heterocycles. The number of H-pyrrole nitrogens is 1. The van der Waals surface area contributed by atoms with Crippen LogP contribution in [0.4, 0.5) is 0 Å². The van der Waals surface area contributed by atoms with Crippen LogP contribution in [-0.2, 0) is 0 Å². The molecule has 1 N–H and O–H groups in total. The van der Waals surface area contributed by atoms with Crippen LogP contribution < -0.4 is 0 Å². The van der Waals surface area contributed by atoms with Gasteiger partial charge in [-0.2, -0.15) is 0 Å². The molecule has 0 spiro atoms. The Kier molecular flexibility index (Phi) is 4.36. The molecule has 0 atom stereocenters. The van der Waals surface area contributed by atoms with Crippen molar-refractivity contribution in [2.75, 3.05) is 0 Å². The Bertz CT molecular complexity index is 477. The van der Waals surface area contributed by atoms with Crippen LogP contribution in [0.25, 0.3) is 17.0 Å². The van der Waals surface area contributed by atoms with Gasteiger partial charge in [0, 0.05) is 16.6 Å². The number of aromatic amines is 1. The van der Waals surface area contributed by atoms with Crippen LogP contribution in [-0.4, -0.2) is 4.98 Å². The van der Waals surface area contributed by atoms with Crippen molar-refractivity contribution < 1.29 is 0 Å². The first-order valence-corrected chi connectivity index (χ1v) is 5.85. The maximum absolute atomic E-state index is 3.78. The number of hydrogen-bond acceptors (Lipinski definition) is 0. The lowest BCUT2D eigenvalue weighted by atomic mass is 10.1. The maximum Gasteiger partial charge on any atom is 0.0461 e. The number of aryl methyl sites for hydroxylation is 2. The van der Waals surface area contributed by atoms with Crippen molar-refractivity contribution in [3.8, 4) is 0 Å². The minimum Gasteiger partial charge on any atom is -0.355 e. The third-order valence-corrected chi connectivity index (χ3v) is 2.46. The fourth-order valence-electron chi connectivity index (χ4n) is 1.67. The van der Waals surface area contributed by atoms with Crippen molar-refractivity contribution in [3.05, 3.63) is 41.6 Å². The molecule has 0 bridgehead atoms. The fraction of sp³-hybridized carbons (Fsp3) is 0.333. The third kappa shape index (κ3) is 2.54. The van der Waals surface area contributed by atoms with E-state index in [1.54, 1.807) is 0 Å². The molecule has 86 valence electrons. The normalized spacial score (nSPS) is 9.75. The van der Waals surface area contributed by atoms with Crippen LogP contribution in [0.15, 0.2) is 24.8 Å². The van der Waals surface area contributed by atoms with Crippen molar-refractivity contribution in [1.29, 1.82) is 0 Å². The van der Waals surface area contributed by atoms with E-state index in [1.807, 2.05) is 6.08 Å². The summed E-state index contributed by atoms with van der Waals surface area (Å²) in [5.41, 5.74) is 4.90. The summed E-state index contributed by atoms with van der Waals surface area (Å²) in [5, 5.41) is 1.30. The largest absolute Gasteiger partial charge is 0.355 e. The Hall–Kier alpha value is -1.50. The van der Waals surface area contributed by atoms with Gasteiger partial charge in [0.05, 0.1) is 0 Å². The number of aromatic nitrogens is 1. The molecule has 0 saturated heterocycles. The number of rotatable bonds is 1. The molecule has 0 aliphatic rings. The molecular weight excluding hydrogens is 194 g/mol. The summed E-state index contributed by atoms with van der Waals surface area (Å²) in [7, 11) is 0. The number of benzene rings is 1. The summed E-state index contributed by atoms with van der Waals surface area (Å²) in [4.78, 5) is 3.32. The fourth-order valence-corrected chi connectivity index (χ4v) is 1.67. The van der Waals surface area contributed by atoms with Crippen molar-refractivity contribution in [2.24, 2.45) is 0 Å². The Morgan fingerprint density at radius 3 is 2.44 bits per heavy atom. The van der Waals surface area contributed by atoms with Crippen molar-refractivity contribution in [3.63, 3.8) is 0 Å². The highest BCUT2D eigenvalue weighted by molar-refractivity contribution is 5.87. The van der Waals surface area contributed by atoms with Crippen molar-refractivity contribution in [2.45, 2.75) is 34.1 Å². The molecule has 1 nitrogen and oxygen atoms in total. The first-order chi connectivity index (χ1) is 7.63. The van der Waals surface area contributed by atoms with Gasteiger partial charge in [-0.15, -0.1) is 0 Å². The van der Waals surface area contributed by atoms with E-state index in [0.29, 0.717) is 0 Å². The second kappa shape index (κ2) is 5.55. The van der Waals surface area contributed by atoms with Gasteiger partial charge < -0.3 is 4.98 Å². The van der Waals surface area contributed by atoms with Crippen LogP contribution in [0.5, 0.6) is 0 Å². The Balaban J connectivity index is 0.000000386. The molecule has 2 aromatic rings. The molecule has 0 radical (unpaired) electrons. The Morgan fingerprint density at radius 2 is 1.88 bits per heavy atom. The predicted molar refractivity (Wildman–Crippen MR) is 73.8 cm³/mol. The van der Waals surface area contributed by atoms with Gasteiger partial charge in [0.1, 0.15) is 0 Å². The second-order valence-electron chi connectivity index (χ2n) is 4.12. The van der Waals surface area contributed by atoms with Crippen LogP contribution >= 0.6 is 0 Å². The summed E-state index contributed by atoms with van der Waals surface area (Å²) in [6.45, 7) is 12.3. The third-order valence-electron chi connectivity index (χ3n) is 2.46. The van der Waals surface area contributed by atoms with E-state index < -0.39 is 0 Å². The first kappa shape index (κ1) is 12.6. The molecule has 0 aliphatic carbocycles. The zero-order chi connectivity index (χ0) is 12.1. The number of hydrogen-bond donors (Lipinski definition) is 1. The molecule has 1 heterocycles. The van der Waals surface area contributed by atoms with E-state index in [4.69, 9.17) is 0 Å². The molecule has 0 fully saturated rings. The molecule has 0 unspecified atom stereocenters.